The molecule has 0 spiro atoms. The fourth-order valence-electron chi connectivity index (χ4n) is 2.33. The van der Waals surface area contributed by atoms with E-state index in [1.807, 2.05) is 11.5 Å². The van der Waals surface area contributed by atoms with Crippen LogP contribution in [0.4, 0.5) is 0 Å². The third-order valence-electron chi connectivity index (χ3n) is 3.37. The van der Waals surface area contributed by atoms with Gasteiger partial charge in [-0.3, -0.25) is 4.79 Å². The fourth-order valence-corrected chi connectivity index (χ4v) is 2.33. The second kappa shape index (κ2) is 7.63. The highest BCUT2D eigenvalue weighted by Crippen LogP contribution is 2.12. The van der Waals surface area contributed by atoms with Crippen molar-refractivity contribution in [1.29, 1.82) is 0 Å². The summed E-state index contributed by atoms with van der Waals surface area (Å²) >= 11 is 0. The summed E-state index contributed by atoms with van der Waals surface area (Å²) in [5.74, 6) is 0.576. The maximum absolute atomic E-state index is 12.5. The molecule has 7 heteroatoms. The molecule has 2 aromatic heterocycles. The minimum atomic E-state index is -0.226. The van der Waals surface area contributed by atoms with E-state index in [-0.39, 0.29) is 11.9 Å². The van der Waals surface area contributed by atoms with Gasteiger partial charge in [0.15, 0.2) is 5.82 Å². The van der Waals surface area contributed by atoms with Crippen LogP contribution in [0.25, 0.3) is 0 Å². The van der Waals surface area contributed by atoms with E-state index in [1.54, 1.807) is 12.5 Å². The second-order valence-electron chi connectivity index (χ2n) is 5.21. The number of nitrogens with zero attached hydrogens (tertiary/aromatic N) is 5. The Bertz CT molecular complexity index is 624. The summed E-state index contributed by atoms with van der Waals surface area (Å²) in [5, 5.41) is 11.0. The third kappa shape index (κ3) is 3.66. The number of carbonyl (C=O) groups excluding carboxylic acids is 1. The van der Waals surface area contributed by atoms with E-state index < -0.39 is 0 Å². The van der Waals surface area contributed by atoms with E-state index in [4.69, 9.17) is 0 Å². The maximum atomic E-state index is 12.5. The van der Waals surface area contributed by atoms with Crippen LogP contribution < -0.4 is 5.32 Å². The van der Waals surface area contributed by atoms with Gasteiger partial charge in [0, 0.05) is 12.7 Å². The molecule has 0 aromatic carbocycles. The molecule has 0 aliphatic carbocycles. The van der Waals surface area contributed by atoms with Crippen LogP contribution in [0, 0.1) is 0 Å². The standard InChI is InChI=1S/C15H22N6O/c1-4-6-13-12(8-16-9-17-13)15(22)19-11(3)14-20-18-10-21(14)7-5-2/h8-11H,4-7H2,1-3H3,(H,19,22)/t11-/m0/s1. The summed E-state index contributed by atoms with van der Waals surface area (Å²) in [6.45, 7) is 6.88. The Balaban J connectivity index is 2.13. The van der Waals surface area contributed by atoms with Crippen LogP contribution in [0.1, 0.15) is 61.5 Å². The summed E-state index contributed by atoms with van der Waals surface area (Å²) in [4.78, 5) is 20.6. The Morgan fingerprint density at radius 2 is 2.18 bits per heavy atom. The van der Waals surface area contributed by atoms with Crippen LogP contribution in [0.5, 0.6) is 0 Å². The van der Waals surface area contributed by atoms with Gasteiger partial charge in [0.25, 0.3) is 5.91 Å². The van der Waals surface area contributed by atoms with Gasteiger partial charge in [0.1, 0.15) is 12.7 Å². The molecule has 0 aliphatic heterocycles. The van der Waals surface area contributed by atoms with Gasteiger partial charge in [-0.2, -0.15) is 0 Å². The van der Waals surface area contributed by atoms with E-state index in [2.05, 4.69) is 39.3 Å². The predicted octanol–water partition coefficient (Wildman–Crippen LogP) is 1.92. The second-order valence-corrected chi connectivity index (χ2v) is 5.21. The lowest BCUT2D eigenvalue weighted by Gasteiger charge is -2.15. The van der Waals surface area contributed by atoms with Crippen molar-refractivity contribution >= 4 is 5.91 Å². The van der Waals surface area contributed by atoms with E-state index >= 15 is 0 Å². The van der Waals surface area contributed by atoms with Crippen LogP contribution >= 0.6 is 0 Å². The van der Waals surface area contributed by atoms with Crippen molar-refractivity contribution in [1.82, 2.24) is 30.0 Å². The van der Waals surface area contributed by atoms with E-state index in [9.17, 15) is 4.79 Å². The molecule has 0 aliphatic rings. The van der Waals surface area contributed by atoms with Crippen LogP contribution in [0.2, 0.25) is 0 Å². The third-order valence-corrected chi connectivity index (χ3v) is 3.37. The first-order valence-electron chi connectivity index (χ1n) is 7.64. The van der Waals surface area contributed by atoms with Crippen molar-refractivity contribution in [3.63, 3.8) is 0 Å². The molecule has 0 saturated heterocycles. The summed E-state index contributed by atoms with van der Waals surface area (Å²) in [6.07, 6.45) is 7.40. The Morgan fingerprint density at radius 1 is 1.36 bits per heavy atom. The van der Waals surface area contributed by atoms with Crippen molar-refractivity contribution in [3.05, 3.63) is 35.9 Å². The van der Waals surface area contributed by atoms with E-state index in [1.165, 1.54) is 6.33 Å². The van der Waals surface area contributed by atoms with E-state index in [0.29, 0.717) is 5.56 Å². The lowest BCUT2D eigenvalue weighted by Crippen LogP contribution is -2.30. The van der Waals surface area contributed by atoms with Gasteiger partial charge in [-0.25, -0.2) is 9.97 Å². The average Bonchev–Trinajstić information content (AvgIpc) is 2.97. The van der Waals surface area contributed by atoms with E-state index in [0.717, 1.165) is 37.3 Å². The van der Waals surface area contributed by atoms with Gasteiger partial charge >= 0.3 is 0 Å². The van der Waals surface area contributed by atoms with Crippen molar-refractivity contribution in [2.75, 3.05) is 0 Å². The number of carbonyl (C=O) groups is 1. The zero-order valence-corrected chi connectivity index (χ0v) is 13.3. The monoisotopic (exact) mass is 302 g/mol. The topological polar surface area (TPSA) is 85.6 Å². The summed E-state index contributed by atoms with van der Waals surface area (Å²) in [6, 6.07) is -0.226. The minimum absolute atomic E-state index is 0.178. The normalized spacial score (nSPS) is 12.1. The lowest BCUT2D eigenvalue weighted by molar-refractivity contribution is 0.0935. The Labute approximate surface area is 130 Å². The van der Waals surface area contributed by atoms with Gasteiger partial charge in [-0.15, -0.1) is 10.2 Å². The predicted molar refractivity (Wildman–Crippen MR) is 82.2 cm³/mol. The van der Waals surface area contributed by atoms with Crippen molar-refractivity contribution in [2.24, 2.45) is 0 Å². The van der Waals surface area contributed by atoms with Crippen LogP contribution in [0.15, 0.2) is 18.9 Å². The molecule has 0 bridgehead atoms. The molecular formula is C15H22N6O. The van der Waals surface area contributed by atoms with Gasteiger partial charge < -0.3 is 9.88 Å². The minimum Gasteiger partial charge on any atom is -0.342 e. The molecular weight excluding hydrogens is 280 g/mol. The highest BCUT2D eigenvalue weighted by atomic mass is 16.1. The number of rotatable bonds is 7. The summed E-state index contributed by atoms with van der Waals surface area (Å²) in [7, 11) is 0. The zero-order chi connectivity index (χ0) is 15.9. The number of hydrogen-bond acceptors (Lipinski definition) is 5. The molecule has 1 atom stereocenters. The molecule has 118 valence electrons. The molecule has 0 fully saturated rings. The number of aryl methyl sites for hydroxylation is 2. The molecule has 2 rings (SSSR count). The Kier molecular flexibility index (Phi) is 5.57. The lowest BCUT2D eigenvalue weighted by atomic mass is 10.1. The molecule has 22 heavy (non-hydrogen) atoms. The van der Waals surface area contributed by atoms with Gasteiger partial charge in [-0.05, 0) is 19.8 Å². The fraction of sp³-hybridized carbons (Fsp3) is 0.533. The van der Waals surface area contributed by atoms with Gasteiger partial charge in [0.2, 0.25) is 0 Å². The van der Waals surface area contributed by atoms with Gasteiger partial charge in [-0.1, -0.05) is 20.3 Å². The summed E-state index contributed by atoms with van der Waals surface area (Å²) in [5.41, 5.74) is 1.30. The molecule has 1 N–H and O–H groups in total. The highest BCUT2D eigenvalue weighted by Gasteiger charge is 2.18. The van der Waals surface area contributed by atoms with Crippen LogP contribution in [-0.4, -0.2) is 30.6 Å². The largest absolute Gasteiger partial charge is 0.342 e. The number of amides is 1. The SMILES string of the molecule is CCCc1ncncc1C(=O)N[C@@H](C)c1nncn1CCC. The van der Waals surface area contributed by atoms with Crippen molar-refractivity contribution in [2.45, 2.75) is 52.6 Å². The smallest absolute Gasteiger partial charge is 0.255 e. The average molecular weight is 302 g/mol. The van der Waals surface area contributed by atoms with Crippen molar-refractivity contribution < 1.29 is 4.79 Å². The molecule has 0 unspecified atom stereocenters. The molecule has 0 radical (unpaired) electrons. The Morgan fingerprint density at radius 3 is 2.91 bits per heavy atom. The molecule has 1 amide bonds. The molecule has 7 nitrogen and oxygen atoms in total. The summed E-state index contributed by atoms with van der Waals surface area (Å²) < 4.78 is 1.96. The number of hydrogen-bond donors (Lipinski definition) is 1. The number of nitrogens with one attached hydrogen (secondary N) is 1. The number of aromatic nitrogens is 5. The first-order chi connectivity index (χ1) is 10.7. The first-order valence-corrected chi connectivity index (χ1v) is 7.64. The highest BCUT2D eigenvalue weighted by molar-refractivity contribution is 5.95. The molecule has 2 heterocycles. The molecule has 2 aromatic rings. The van der Waals surface area contributed by atoms with Gasteiger partial charge in [0.05, 0.1) is 17.3 Å². The van der Waals surface area contributed by atoms with Crippen LogP contribution in [0.3, 0.4) is 0 Å². The zero-order valence-electron chi connectivity index (χ0n) is 13.3. The Hall–Kier alpha value is -2.31. The van der Waals surface area contributed by atoms with Crippen LogP contribution in [-0.2, 0) is 13.0 Å². The quantitative estimate of drug-likeness (QED) is 0.844. The maximum Gasteiger partial charge on any atom is 0.255 e. The van der Waals surface area contributed by atoms with Crippen molar-refractivity contribution in [3.8, 4) is 0 Å². The molecule has 0 saturated carbocycles. The first kappa shape index (κ1) is 16.1.